The third kappa shape index (κ3) is 3.51. The first-order valence-corrected chi connectivity index (χ1v) is 10.1. The van der Waals surface area contributed by atoms with E-state index in [-0.39, 0.29) is 0 Å². The van der Waals surface area contributed by atoms with Crippen molar-refractivity contribution in [2.75, 3.05) is 20.2 Å². The SMILES string of the molecule is COc1ccc(-c2[nH]ncc2CN2CCC(c3c[nH]c4ncccc34)CC2)cc1. The molecule has 0 aliphatic carbocycles. The molecule has 1 aliphatic heterocycles. The number of fused-ring (bicyclic) bond motifs is 1. The fourth-order valence-corrected chi connectivity index (χ4v) is 4.40. The van der Waals surface area contributed by atoms with Crippen LogP contribution in [0.2, 0.25) is 0 Å². The summed E-state index contributed by atoms with van der Waals surface area (Å²) in [6, 6.07) is 12.3. The van der Waals surface area contributed by atoms with E-state index in [1.807, 2.05) is 30.6 Å². The van der Waals surface area contributed by atoms with Gasteiger partial charge in [0, 0.05) is 35.5 Å². The van der Waals surface area contributed by atoms with Crippen LogP contribution in [0.1, 0.15) is 29.9 Å². The Balaban J connectivity index is 1.26. The molecule has 6 nitrogen and oxygen atoms in total. The second kappa shape index (κ2) is 7.72. The zero-order valence-corrected chi connectivity index (χ0v) is 16.6. The molecule has 0 atom stereocenters. The molecular formula is C23H25N5O. The highest BCUT2D eigenvalue weighted by molar-refractivity contribution is 5.80. The van der Waals surface area contributed by atoms with Crippen molar-refractivity contribution >= 4 is 11.0 Å². The van der Waals surface area contributed by atoms with Crippen LogP contribution in [0.4, 0.5) is 0 Å². The minimum atomic E-state index is 0.592. The lowest BCUT2D eigenvalue weighted by Gasteiger charge is -2.31. The van der Waals surface area contributed by atoms with Crippen molar-refractivity contribution in [3.63, 3.8) is 0 Å². The van der Waals surface area contributed by atoms with Gasteiger partial charge in [0.15, 0.2) is 0 Å². The normalized spacial score (nSPS) is 15.8. The van der Waals surface area contributed by atoms with Crippen LogP contribution in [0.15, 0.2) is 55.0 Å². The molecule has 0 amide bonds. The van der Waals surface area contributed by atoms with Crippen molar-refractivity contribution in [1.29, 1.82) is 0 Å². The lowest BCUT2D eigenvalue weighted by Crippen LogP contribution is -2.32. The molecular weight excluding hydrogens is 362 g/mol. The number of aromatic nitrogens is 4. The Bertz CT molecular complexity index is 1090. The smallest absolute Gasteiger partial charge is 0.137 e. The number of nitrogens with one attached hydrogen (secondary N) is 2. The maximum atomic E-state index is 5.27. The summed E-state index contributed by atoms with van der Waals surface area (Å²) in [6.07, 6.45) is 8.28. The van der Waals surface area contributed by atoms with Gasteiger partial charge in [0.2, 0.25) is 0 Å². The molecule has 3 aromatic heterocycles. The third-order valence-corrected chi connectivity index (χ3v) is 6.00. The molecule has 0 unspecified atom stereocenters. The number of methoxy groups -OCH3 is 1. The number of nitrogens with zero attached hydrogens (tertiary/aromatic N) is 3. The van der Waals surface area contributed by atoms with E-state index in [1.54, 1.807) is 7.11 Å². The minimum Gasteiger partial charge on any atom is -0.497 e. The van der Waals surface area contributed by atoms with Crippen LogP contribution in [0.3, 0.4) is 0 Å². The molecule has 5 rings (SSSR count). The molecule has 4 aromatic rings. The van der Waals surface area contributed by atoms with E-state index in [4.69, 9.17) is 4.74 Å². The first-order chi connectivity index (χ1) is 14.3. The zero-order valence-electron chi connectivity index (χ0n) is 16.6. The van der Waals surface area contributed by atoms with Gasteiger partial charge in [0.25, 0.3) is 0 Å². The number of benzene rings is 1. The van der Waals surface area contributed by atoms with Crippen LogP contribution in [-0.2, 0) is 6.54 Å². The number of ether oxygens (including phenoxy) is 1. The molecule has 2 N–H and O–H groups in total. The Labute approximate surface area is 169 Å². The summed E-state index contributed by atoms with van der Waals surface area (Å²) in [5.74, 6) is 1.46. The van der Waals surface area contributed by atoms with Crippen LogP contribution in [0.5, 0.6) is 5.75 Å². The molecule has 0 radical (unpaired) electrons. The molecule has 1 fully saturated rings. The maximum Gasteiger partial charge on any atom is 0.137 e. The summed E-state index contributed by atoms with van der Waals surface area (Å²) in [5, 5.41) is 8.74. The largest absolute Gasteiger partial charge is 0.497 e. The monoisotopic (exact) mass is 387 g/mol. The van der Waals surface area contributed by atoms with Gasteiger partial charge in [-0.25, -0.2) is 4.98 Å². The van der Waals surface area contributed by atoms with Gasteiger partial charge in [-0.2, -0.15) is 5.10 Å². The number of aromatic amines is 2. The van der Waals surface area contributed by atoms with Gasteiger partial charge in [-0.15, -0.1) is 0 Å². The fraction of sp³-hybridized carbons (Fsp3) is 0.304. The number of piperidine rings is 1. The number of pyridine rings is 1. The molecule has 1 aliphatic rings. The van der Waals surface area contributed by atoms with Crippen LogP contribution < -0.4 is 4.74 Å². The molecule has 6 heteroatoms. The molecule has 29 heavy (non-hydrogen) atoms. The van der Waals surface area contributed by atoms with E-state index in [0.717, 1.165) is 55.1 Å². The summed E-state index contributed by atoms with van der Waals surface area (Å²) in [6.45, 7) is 3.09. The number of rotatable bonds is 5. The lowest BCUT2D eigenvalue weighted by atomic mass is 9.89. The van der Waals surface area contributed by atoms with Crippen molar-refractivity contribution in [1.82, 2.24) is 25.1 Å². The predicted molar refractivity (Wildman–Crippen MR) is 114 cm³/mol. The number of hydrogen-bond acceptors (Lipinski definition) is 4. The highest BCUT2D eigenvalue weighted by Gasteiger charge is 2.24. The van der Waals surface area contributed by atoms with E-state index >= 15 is 0 Å². The summed E-state index contributed by atoms with van der Waals surface area (Å²) >= 11 is 0. The van der Waals surface area contributed by atoms with E-state index in [9.17, 15) is 0 Å². The minimum absolute atomic E-state index is 0.592. The van der Waals surface area contributed by atoms with Crippen molar-refractivity contribution < 1.29 is 4.74 Å². The van der Waals surface area contributed by atoms with Gasteiger partial charge in [-0.1, -0.05) is 0 Å². The highest BCUT2D eigenvalue weighted by atomic mass is 16.5. The van der Waals surface area contributed by atoms with Crippen LogP contribution in [0.25, 0.3) is 22.3 Å². The van der Waals surface area contributed by atoms with Crippen molar-refractivity contribution in [2.24, 2.45) is 0 Å². The van der Waals surface area contributed by atoms with Crippen LogP contribution >= 0.6 is 0 Å². The third-order valence-electron chi connectivity index (χ3n) is 6.00. The summed E-state index contributed by atoms with van der Waals surface area (Å²) in [7, 11) is 1.69. The number of hydrogen-bond donors (Lipinski definition) is 2. The van der Waals surface area contributed by atoms with Gasteiger partial charge < -0.3 is 9.72 Å². The molecule has 0 saturated carbocycles. The Morgan fingerprint density at radius 3 is 2.76 bits per heavy atom. The molecule has 4 heterocycles. The first kappa shape index (κ1) is 17.9. The molecule has 1 aromatic carbocycles. The van der Waals surface area contributed by atoms with Gasteiger partial charge >= 0.3 is 0 Å². The lowest BCUT2D eigenvalue weighted by molar-refractivity contribution is 0.205. The van der Waals surface area contributed by atoms with Crippen molar-refractivity contribution in [2.45, 2.75) is 25.3 Å². The van der Waals surface area contributed by atoms with Crippen LogP contribution in [-0.4, -0.2) is 45.3 Å². The standard InChI is InChI=1S/C23H25N5O/c1-29-19-6-4-17(5-7-19)22-18(13-26-27-22)15-28-11-8-16(9-12-28)21-14-25-23-20(21)3-2-10-24-23/h2-7,10,13-14,16H,8-9,11-12,15H2,1H3,(H,24,25)(H,26,27). The Hall–Kier alpha value is -3.12. The predicted octanol–water partition coefficient (Wildman–Crippen LogP) is 4.34. The van der Waals surface area contributed by atoms with Gasteiger partial charge in [0.1, 0.15) is 11.4 Å². The van der Waals surface area contributed by atoms with Gasteiger partial charge in [0.05, 0.1) is 19.0 Å². The maximum absolute atomic E-state index is 5.27. The quantitative estimate of drug-likeness (QED) is 0.534. The number of likely N-dealkylation sites (tertiary alicyclic amines) is 1. The summed E-state index contributed by atoms with van der Waals surface area (Å²) < 4.78 is 5.27. The second-order valence-electron chi connectivity index (χ2n) is 7.69. The van der Waals surface area contributed by atoms with E-state index < -0.39 is 0 Å². The van der Waals surface area contributed by atoms with Gasteiger partial charge in [-0.05, 0) is 73.8 Å². The van der Waals surface area contributed by atoms with E-state index in [0.29, 0.717) is 5.92 Å². The molecule has 0 bridgehead atoms. The van der Waals surface area contributed by atoms with E-state index in [2.05, 4.69) is 49.5 Å². The topological polar surface area (TPSA) is 69.8 Å². The van der Waals surface area contributed by atoms with E-state index in [1.165, 1.54) is 16.5 Å². The summed E-state index contributed by atoms with van der Waals surface area (Å²) in [5.41, 5.74) is 5.88. The average Bonchev–Trinajstić information content (AvgIpc) is 3.41. The van der Waals surface area contributed by atoms with Crippen molar-refractivity contribution in [3.05, 3.63) is 66.1 Å². The van der Waals surface area contributed by atoms with Crippen molar-refractivity contribution in [3.8, 4) is 17.0 Å². The summed E-state index contributed by atoms with van der Waals surface area (Å²) in [4.78, 5) is 10.3. The Morgan fingerprint density at radius 2 is 1.97 bits per heavy atom. The highest BCUT2D eigenvalue weighted by Crippen LogP contribution is 2.33. The Kier molecular flexibility index (Phi) is 4.77. The van der Waals surface area contributed by atoms with Crippen LogP contribution in [0, 0.1) is 0 Å². The number of H-pyrrole nitrogens is 2. The molecule has 148 valence electrons. The average molecular weight is 387 g/mol. The second-order valence-corrected chi connectivity index (χ2v) is 7.69. The molecule has 0 spiro atoms. The zero-order chi connectivity index (χ0) is 19.6. The van der Waals surface area contributed by atoms with Gasteiger partial charge in [-0.3, -0.25) is 10.00 Å². The molecule has 1 saturated heterocycles. The first-order valence-electron chi connectivity index (χ1n) is 10.1. The fourth-order valence-electron chi connectivity index (χ4n) is 4.40. The Morgan fingerprint density at radius 1 is 1.14 bits per heavy atom.